The summed E-state index contributed by atoms with van der Waals surface area (Å²) in [5.41, 5.74) is 4.87. The number of carbonyl (C=O) groups is 1. The number of nitrogens with zero attached hydrogens (tertiary/aromatic N) is 5. The van der Waals surface area contributed by atoms with Gasteiger partial charge in [0.15, 0.2) is 0 Å². The van der Waals surface area contributed by atoms with Crippen LogP contribution in [0.2, 0.25) is 0 Å². The number of aryl methyl sites for hydroxylation is 1. The maximum Gasteiger partial charge on any atom is 0.253 e. The van der Waals surface area contributed by atoms with E-state index in [1.165, 1.54) is 11.0 Å². The van der Waals surface area contributed by atoms with E-state index < -0.39 is 0 Å². The molecule has 3 heterocycles. The lowest BCUT2D eigenvalue weighted by Crippen LogP contribution is -2.34. The Morgan fingerprint density at radius 3 is 2.65 bits per heavy atom. The van der Waals surface area contributed by atoms with Gasteiger partial charge in [0, 0.05) is 44.5 Å². The molecule has 1 aliphatic rings. The van der Waals surface area contributed by atoms with E-state index in [1.807, 2.05) is 24.1 Å². The number of benzene rings is 1. The molecule has 0 aliphatic carbocycles. The van der Waals surface area contributed by atoms with Crippen molar-refractivity contribution in [2.24, 2.45) is 0 Å². The van der Waals surface area contributed by atoms with E-state index in [9.17, 15) is 9.18 Å². The molecule has 4 rings (SSSR count). The quantitative estimate of drug-likeness (QED) is 0.632. The van der Waals surface area contributed by atoms with Crippen molar-refractivity contribution < 1.29 is 9.18 Å². The van der Waals surface area contributed by atoms with Crippen LogP contribution in [-0.2, 0) is 13.1 Å². The van der Waals surface area contributed by atoms with Crippen LogP contribution in [0, 0.1) is 12.7 Å². The lowest BCUT2D eigenvalue weighted by atomic mass is 10.00. The highest BCUT2D eigenvalue weighted by Crippen LogP contribution is 2.34. The molecule has 162 valence electrons. The fourth-order valence-corrected chi connectivity index (χ4v) is 4.20. The Morgan fingerprint density at radius 1 is 1.19 bits per heavy atom. The van der Waals surface area contributed by atoms with Crippen molar-refractivity contribution in [2.75, 3.05) is 25.5 Å². The summed E-state index contributed by atoms with van der Waals surface area (Å²) < 4.78 is 17.2. The van der Waals surface area contributed by atoms with Gasteiger partial charge >= 0.3 is 0 Å². The van der Waals surface area contributed by atoms with Gasteiger partial charge in [-0.15, -0.1) is 0 Å². The Hall–Kier alpha value is -3.22. The Balaban J connectivity index is 1.71. The first kappa shape index (κ1) is 21.0. The van der Waals surface area contributed by atoms with E-state index in [2.05, 4.69) is 29.5 Å². The van der Waals surface area contributed by atoms with Crippen molar-refractivity contribution in [2.45, 2.75) is 39.8 Å². The number of hydrogen-bond donors (Lipinski definition) is 0. The molecule has 0 atom stereocenters. The predicted molar refractivity (Wildman–Crippen MR) is 120 cm³/mol. The third-order valence-corrected chi connectivity index (χ3v) is 5.78. The zero-order valence-electron chi connectivity index (χ0n) is 18.7. The SMILES string of the molecule is Cc1nc(-c2cccnc2C(C)C)c2n1CCN(c1ccc(C(=O)N(C)C)cc1F)C2. The summed E-state index contributed by atoms with van der Waals surface area (Å²) in [6.07, 6.45) is 1.81. The molecule has 1 aliphatic heterocycles. The van der Waals surface area contributed by atoms with E-state index in [0.717, 1.165) is 35.0 Å². The Morgan fingerprint density at radius 2 is 1.97 bits per heavy atom. The maximum atomic E-state index is 15.0. The lowest BCUT2D eigenvalue weighted by Gasteiger charge is -2.31. The van der Waals surface area contributed by atoms with Gasteiger partial charge < -0.3 is 14.4 Å². The Labute approximate surface area is 182 Å². The number of carbonyl (C=O) groups excluding carboxylic acids is 1. The molecule has 0 bridgehead atoms. The zero-order valence-corrected chi connectivity index (χ0v) is 18.7. The molecule has 1 amide bonds. The molecule has 0 unspecified atom stereocenters. The first-order valence-electron chi connectivity index (χ1n) is 10.5. The molecule has 6 nitrogen and oxygen atoms in total. The van der Waals surface area contributed by atoms with Gasteiger partial charge in [0.25, 0.3) is 5.91 Å². The average Bonchev–Trinajstić information content (AvgIpc) is 3.08. The molecular formula is C24H28FN5O. The molecule has 0 saturated carbocycles. The first-order chi connectivity index (χ1) is 14.8. The van der Waals surface area contributed by atoms with Gasteiger partial charge in [0.05, 0.1) is 29.3 Å². The van der Waals surface area contributed by atoms with Crippen LogP contribution < -0.4 is 4.90 Å². The lowest BCUT2D eigenvalue weighted by molar-refractivity contribution is 0.0827. The summed E-state index contributed by atoms with van der Waals surface area (Å²) in [7, 11) is 3.32. The number of imidazole rings is 1. The molecule has 0 radical (unpaired) electrons. The molecule has 0 spiro atoms. The van der Waals surface area contributed by atoms with Crippen LogP contribution in [-0.4, -0.2) is 46.0 Å². The number of aromatic nitrogens is 3. The van der Waals surface area contributed by atoms with Crippen molar-refractivity contribution >= 4 is 11.6 Å². The van der Waals surface area contributed by atoms with Crippen LogP contribution in [0.4, 0.5) is 10.1 Å². The standard InChI is InChI=1S/C24H28FN5O/c1-15(2)22-18(7-6-10-26-22)23-21-14-29(11-12-30(21)16(3)27-23)20-9-8-17(13-19(20)25)24(31)28(4)5/h6-10,13,15H,11-12,14H2,1-5H3. The van der Waals surface area contributed by atoms with Gasteiger partial charge in [0.2, 0.25) is 0 Å². The van der Waals surface area contributed by atoms with Crippen LogP contribution in [0.5, 0.6) is 0 Å². The van der Waals surface area contributed by atoms with Crippen LogP contribution in [0.25, 0.3) is 11.3 Å². The third-order valence-electron chi connectivity index (χ3n) is 5.78. The number of rotatable bonds is 4. The molecule has 31 heavy (non-hydrogen) atoms. The number of hydrogen-bond acceptors (Lipinski definition) is 4. The normalized spacial score (nSPS) is 13.5. The second-order valence-corrected chi connectivity index (χ2v) is 8.48. The summed E-state index contributed by atoms with van der Waals surface area (Å²) >= 11 is 0. The van der Waals surface area contributed by atoms with E-state index in [1.54, 1.807) is 26.2 Å². The van der Waals surface area contributed by atoms with Gasteiger partial charge in [0.1, 0.15) is 11.6 Å². The molecule has 2 aromatic heterocycles. The van der Waals surface area contributed by atoms with Gasteiger partial charge in [-0.1, -0.05) is 13.8 Å². The smallest absolute Gasteiger partial charge is 0.253 e. The summed E-state index contributed by atoms with van der Waals surface area (Å²) in [5, 5.41) is 0. The second-order valence-electron chi connectivity index (χ2n) is 8.48. The minimum Gasteiger partial charge on any atom is -0.361 e. The molecular weight excluding hydrogens is 393 g/mol. The van der Waals surface area contributed by atoms with Crippen molar-refractivity contribution in [3.63, 3.8) is 0 Å². The highest BCUT2D eigenvalue weighted by atomic mass is 19.1. The molecule has 3 aromatic rings. The van der Waals surface area contributed by atoms with Crippen molar-refractivity contribution in [1.82, 2.24) is 19.4 Å². The van der Waals surface area contributed by atoms with Gasteiger partial charge in [-0.05, 0) is 43.2 Å². The monoisotopic (exact) mass is 421 g/mol. The number of halogens is 1. The van der Waals surface area contributed by atoms with Crippen LogP contribution in [0.3, 0.4) is 0 Å². The zero-order chi connectivity index (χ0) is 22.3. The molecule has 0 N–H and O–H groups in total. The fraction of sp³-hybridized carbons (Fsp3) is 0.375. The van der Waals surface area contributed by atoms with E-state index in [-0.39, 0.29) is 17.6 Å². The van der Waals surface area contributed by atoms with E-state index in [0.29, 0.717) is 24.3 Å². The predicted octanol–water partition coefficient (Wildman–Crippen LogP) is 4.24. The topological polar surface area (TPSA) is 54.3 Å². The molecule has 1 aromatic carbocycles. The molecule has 7 heteroatoms. The minimum atomic E-state index is -0.386. The van der Waals surface area contributed by atoms with Crippen LogP contribution >= 0.6 is 0 Å². The molecule has 0 saturated heterocycles. The average molecular weight is 422 g/mol. The highest BCUT2D eigenvalue weighted by molar-refractivity contribution is 5.94. The largest absolute Gasteiger partial charge is 0.361 e. The van der Waals surface area contributed by atoms with Gasteiger partial charge in [-0.2, -0.15) is 0 Å². The summed E-state index contributed by atoms with van der Waals surface area (Å²) in [4.78, 5) is 25.1. The van der Waals surface area contributed by atoms with E-state index >= 15 is 0 Å². The summed E-state index contributed by atoms with van der Waals surface area (Å²) in [6.45, 7) is 8.20. The minimum absolute atomic E-state index is 0.210. The number of pyridine rings is 1. The maximum absolute atomic E-state index is 15.0. The van der Waals surface area contributed by atoms with Crippen LogP contribution in [0.1, 0.15) is 47.3 Å². The summed E-state index contributed by atoms with van der Waals surface area (Å²) in [5.74, 6) is 0.629. The summed E-state index contributed by atoms with van der Waals surface area (Å²) in [6, 6.07) is 8.72. The van der Waals surface area contributed by atoms with Crippen molar-refractivity contribution in [3.8, 4) is 11.3 Å². The third kappa shape index (κ3) is 3.80. The fourth-order valence-electron chi connectivity index (χ4n) is 4.20. The number of amides is 1. The van der Waals surface area contributed by atoms with Crippen molar-refractivity contribution in [3.05, 3.63) is 65.1 Å². The van der Waals surface area contributed by atoms with Crippen molar-refractivity contribution in [1.29, 1.82) is 0 Å². The first-order valence-corrected chi connectivity index (χ1v) is 10.5. The number of fused-ring (bicyclic) bond motifs is 1. The highest BCUT2D eigenvalue weighted by Gasteiger charge is 2.27. The van der Waals surface area contributed by atoms with E-state index in [4.69, 9.17) is 4.98 Å². The van der Waals surface area contributed by atoms with Gasteiger partial charge in [-0.25, -0.2) is 9.37 Å². The Bertz CT molecular complexity index is 1130. The van der Waals surface area contributed by atoms with Crippen LogP contribution in [0.15, 0.2) is 36.5 Å². The molecule has 0 fully saturated rings. The Kier molecular flexibility index (Phi) is 5.52. The van der Waals surface area contributed by atoms with Gasteiger partial charge in [-0.3, -0.25) is 9.78 Å². The number of anilines is 1. The second kappa shape index (κ2) is 8.13.